The van der Waals surface area contributed by atoms with E-state index in [1.165, 1.54) is 18.6 Å². The molecule has 110 valence electrons. The number of hydrogen-bond donors (Lipinski definition) is 2. The van der Waals surface area contributed by atoms with Crippen molar-refractivity contribution in [1.29, 1.82) is 0 Å². The summed E-state index contributed by atoms with van der Waals surface area (Å²) >= 11 is 0. The van der Waals surface area contributed by atoms with Crippen molar-refractivity contribution in [1.82, 2.24) is 4.90 Å². The van der Waals surface area contributed by atoms with Crippen molar-refractivity contribution >= 4 is 11.7 Å². The number of nitrogens with zero attached hydrogens (tertiary/aromatic N) is 1. The quantitative estimate of drug-likeness (QED) is 0.894. The highest BCUT2D eigenvalue weighted by atomic mass is 19.1. The summed E-state index contributed by atoms with van der Waals surface area (Å²) in [5.41, 5.74) is 6.27. The van der Waals surface area contributed by atoms with Gasteiger partial charge in [0.25, 0.3) is 0 Å². The molecule has 2 unspecified atom stereocenters. The molecular weight excluding hydrogens is 257 g/mol. The zero-order chi connectivity index (χ0) is 14.5. The highest BCUT2D eigenvalue weighted by Gasteiger charge is 2.29. The average molecular weight is 279 g/mol. The summed E-state index contributed by atoms with van der Waals surface area (Å²) < 4.78 is 13.1. The van der Waals surface area contributed by atoms with Crippen LogP contribution < -0.4 is 11.1 Å². The lowest BCUT2D eigenvalue weighted by molar-refractivity contribution is 0.150. The summed E-state index contributed by atoms with van der Waals surface area (Å²) in [6.45, 7) is 0.599. The summed E-state index contributed by atoms with van der Waals surface area (Å²) in [5.74, 6) is -0.00466. The fourth-order valence-electron chi connectivity index (χ4n) is 2.90. The van der Waals surface area contributed by atoms with Crippen LogP contribution in [0.5, 0.6) is 0 Å². The van der Waals surface area contributed by atoms with E-state index < -0.39 is 0 Å². The number of carbonyl (C=O) groups is 1. The Morgan fingerprint density at radius 1 is 1.45 bits per heavy atom. The van der Waals surface area contributed by atoms with E-state index in [-0.39, 0.29) is 17.9 Å². The number of nitrogens with two attached hydrogens (primary N) is 1. The third-order valence-corrected chi connectivity index (χ3v) is 4.07. The second-order valence-electron chi connectivity index (χ2n) is 5.40. The number of benzene rings is 1. The average Bonchev–Trinajstić information content (AvgIpc) is 2.46. The van der Waals surface area contributed by atoms with Gasteiger partial charge in [-0.1, -0.05) is 18.9 Å². The number of urea groups is 1. The van der Waals surface area contributed by atoms with E-state index in [4.69, 9.17) is 5.73 Å². The second kappa shape index (κ2) is 6.70. The van der Waals surface area contributed by atoms with Crippen LogP contribution in [0.1, 0.15) is 25.7 Å². The number of halogens is 1. The topological polar surface area (TPSA) is 58.4 Å². The molecule has 1 aliphatic carbocycles. The molecule has 1 saturated carbocycles. The van der Waals surface area contributed by atoms with E-state index in [1.807, 2.05) is 0 Å². The number of nitrogens with one attached hydrogen (secondary N) is 1. The van der Waals surface area contributed by atoms with Crippen molar-refractivity contribution in [3.8, 4) is 0 Å². The summed E-state index contributed by atoms with van der Waals surface area (Å²) in [7, 11) is 1.78. The molecule has 1 aliphatic rings. The van der Waals surface area contributed by atoms with E-state index in [9.17, 15) is 9.18 Å². The van der Waals surface area contributed by atoms with Crippen LogP contribution in [-0.2, 0) is 0 Å². The van der Waals surface area contributed by atoms with E-state index in [0.717, 1.165) is 19.3 Å². The summed E-state index contributed by atoms with van der Waals surface area (Å²) in [6, 6.07) is 5.88. The van der Waals surface area contributed by atoms with E-state index in [1.54, 1.807) is 24.1 Å². The lowest BCUT2D eigenvalue weighted by Crippen LogP contribution is -2.47. The standard InChI is InChI=1S/C15H22FN3O/c1-19(14-8-3-2-5-11(14)10-17)15(20)18-13-7-4-6-12(16)9-13/h4,6-7,9,11,14H,2-3,5,8,10,17H2,1H3,(H,18,20). The molecule has 0 aliphatic heterocycles. The Labute approximate surface area is 119 Å². The van der Waals surface area contributed by atoms with Gasteiger partial charge < -0.3 is 16.0 Å². The van der Waals surface area contributed by atoms with Crippen LogP contribution in [0.15, 0.2) is 24.3 Å². The van der Waals surface area contributed by atoms with Gasteiger partial charge in [-0.2, -0.15) is 0 Å². The van der Waals surface area contributed by atoms with Crippen molar-refractivity contribution in [3.63, 3.8) is 0 Å². The molecule has 2 atom stereocenters. The number of hydrogen-bond acceptors (Lipinski definition) is 2. The van der Waals surface area contributed by atoms with Gasteiger partial charge in [-0.05, 0) is 43.5 Å². The first-order chi connectivity index (χ1) is 9.61. The first-order valence-corrected chi connectivity index (χ1v) is 7.11. The molecule has 3 N–H and O–H groups in total. The van der Waals surface area contributed by atoms with Gasteiger partial charge in [-0.3, -0.25) is 0 Å². The minimum absolute atomic E-state index is 0.169. The van der Waals surface area contributed by atoms with Gasteiger partial charge in [-0.25, -0.2) is 9.18 Å². The van der Waals surface area contributed by atoms with Crippen LogP contribution in [0.3, 0.4) is 0 Å². The summed E-state index contributed by atoms with van der Waals surface area (Å²) in [6.07, 6.45) is 4.35. The molecule has 5 heteroatoms. The SMILES string of the molecule is CN(C(=O)Nc1cccc(F)c1)C1CCCCC1CN. The Morgan fingerprint density at radius 3 is 2.90 bits per heavy atom. The lowest BCUT2D eigenvalue weighted by atomic mass is 9.84. The molecule has 0 aromatic heterocycles. The third-order valence-electron chi connectivity index (χ3n) is 4.07. The van der Waals surface area contributed by atoms with Crippen LogP contribution in [0.25, 0.3) is 0 Å². The highest BCUT2D eigenvalue weighted by molar-refractivity contribution is 5.89. The fraction of sp³-hybridized carbons (Fsp3) is 0.533. The Balaban J connectivity index is 2.00. The van der Waals surface area contributed by atoms with Crippen molar-refractivity contribution < 1.29 is 9.18 Å². The van der Waals surface area contributed by atoms with Gasteiger partial charge in [0.2, 0.25) is 0 Å². The Kier molecular flexibility index (Phi) is 4.95. The van der Waals surface area contributed by atoms with Crippen LogP contribution in [0, 0.1) is 11.7 Å². The van der Waals surface area contributed by atoms with Crippen LogP contribution in [0.4, 0.5) is 14.9 Å². The van der Waals surface area contributed by atoms with Gasteiger partial charge in [0.1, 0.15) is 5.82 Å². The summed E-state index contributed by atoms with van der Waals surface area (Å²) in [4.78, 5) is 13.9. The molecule has 20 heavy (non-hydrogen) atoms. The molecular formula is C15H22FN3O. The van der Waals surface area contributed by atoms with Gasteiger partial charge in [0, 0.05) is 18.8 Å². The number of anilines is 1. The Bertz CT molecular complexity index is 466. The second-order valence-corrected chi connectivity index (χ2v) is 5.40. The number of rotatable bonds is 3. The molecule has 0 spiro atoms. The zero-order valence-electron chi connectivity index (χ0n) is 11.8. The number of carbonyl (C=O) groups excluding carboxylic acids is 1. The predicted octanol–water partition coefficient (Wildman–Crippen LogP) is 2.81. The maximum atomic E-state index is 13.1. The highest BCUT2D eigenvalue weighted by Crippen LogP contribution is 2.27. The van der Waals surface area contributed by atoms with Crippen molar-refractivity contribution in [2.45, 2.75) is 31.7 Å². The molecule has 0 bridgehead atoms. The fourth-order valence-corrected chi connectivity index (χ4v) is 2.90. The van der Waals surface area contributed by atoms with E-state index >= 15 is 0 Å². The molecule has 2 amide bonds. The summed E-state index contributed by atoms with van der Waals surface area (Å²) in [5, 5.41) is 2.73. The molecule has 1 aromatic carbocycles. The largest absolute Gasteiger partial charge is 0.330 e. The zero-order valence-corrected chi connectivity index (χ0v) is 11.8. The monoisotopic (exact) mass is 279 g/mol. The molecule has 1 aromatic rings. The minimum Gasteiger partial charge on any atom is -0.330 e. The van der Waals surface area contributed by atoms with Gasteiger partial charge in [-0.15, -0.1) is 0 Å². The van der Waals surface area contributed by atoms with Gasteiger partial charge in [0.05, 0.1) is 0 Å². The van der Waals surface area contributed by atoms with Crippen LogP contribution >= 0.6 is 0 Å². The van der Waals surface area contributed by atoms with Crippen molar-refractivity contribution in [2.75, 3.05) is 18.9 Å². The molecule has 2 rings (SSSR count). The van der Waals surface area contributed by atoms with Crippen molar-refractivity contribution in [3.05, 3.63) is 30.1 Å². The molecule has 4 nitrogen and oxygen atoms in total. The van der Waals surface area contributed by atoms with Crippen LogP contribution in [-0.4, -0.2) is 30.6 Å². The molecule has 0 radical (unpaired) electrons. The van der Waals surface area contributed by atoms with E-state index in [2.05, 4.69) is 5.32 Å². The Hall–Kier alpha value is -1.62. The Morgan fingerprint density at radius 2 is 2.20 bits per heavy atom. The maximum absolute atomic E-state index is 13.1. The normalized spacial score (nSPS) is 22.4. The smallest absolute Gasteiger partial charge is 0.321 e. The van der Waals surface area contributed by atoms with Gasteiger partial charge >= 0.3 is 6.03 Å². The third kappa shape index (κ3) is 3.48. The molecule has 0 heterocycles. The van der Waals surface area contributed by atoms with Crippen molar-refractivity contribution in [2.24, 2.45) is 11.7 Å². The van der Waals surface area contributed by atoms with E-state index in [0.29, 0.717) is 18.2 Å². The first-order valence-electron chi connectivity index (χ1n) is 7.11. The molecule has 0 saturated heterocycles. The predicted molar refractivity (Wildman–Crippen MR) is 78.0 cm³/mol. The van der Waals surface area contributed by atoms with Crippen LogP contribution in [0.2, 0.25) is 0 Å². The maximum Gasteiger partial charge on any atom is 0.321 e. The first kappa shape index (κ1) is 14.8. The van der Waals surface area contributed by atoms with Gasteiger partial charge in [0.15, 0.2) is 0 Å². The minimum atomic E-state index is -0.358. The number of amides is 2. The molecule has 1 fully saturated rings. The lowest BCUT2D eigenvalue weighted by Gasteiger charge is -2.37.